The molecule has 0 aliphatic carbocycles. The van der Waals surface area contributed by atoms with Gasteiger partial charge in [-0.2, -0.15) is 0 Å². The highest BCUT2D eigenvalue weighted by molar-refractivity contribution is 5.83. The van der Waals surface area contributed by atoms with Crippen LogP contribution in [0.4, 0.5) is 4.79 Å². The van der Waals surface area contributed by atoms with Crippen molar-refractivity contribution in [2.24, 2.45) is 11.7 Å². The standard InChI is InChI=1S/C12H23N3O4/c1-4-15(7-8(2)3)12(19)14-9(11(17)18)5-6-10(13)16/h8-9H,4-7H2,1-3H3,(H2,13,16)(H,14,19)(H,17,18)/t9-/m1/s1. The number of aliphatic carboxylic acids is 1. The van der Waals surface area contributed by atoms with E-state index in [9.17, 15) is 14.4 Å². The molecule has 7 heteroatoms. The van der Waals surface area contributed by atoms with Gasteiger partial charge in [0.2, 0.25) is 5.91 Å². The van der Waals surface area contributed by atoms with Crippen LogP contribution in [0.25, 0.3) is 0 Å². The number of nitrogens with one attached hydrogen (secondary N) is 1. The third-order valence-corrected chi connectivity index (χ3v) is 2.53. The highest BCUT2D eigenvalue weighted by Crippen LogP contribution is 2.02. The third kappa shape index (κ3) is 7.28. The predicted molar refractivity (Wildman–Crippen MR) is 70.5 cm³/mol. The lowest BCUT2D eigenvalue weighted by Crippen LogP contribution is -2.49. The summed E-state index contributed by atoms with van der Waals surface area (Å²) in [6, 6.07) is -1.53. The normalized spacial score (nSPS) is 12.0. The lowest BCUT2D eigenvalue weighted by Gasteiger charge is -2.25. The Morgan fingerprint density at radius 2 is 1.89 bits per heavy atom. The van der Waals surface area contributed by atoms with E-state index in [0.29, 0.717) is 19.0 Å². The van der Waals surface area contributed by atoms with E-state index in [-0.39, 0.29) is 12.8 Å². The second-order valence-electron chi connectivity index (χ2n) is 4.78. The van der Waals surface area contributed by atoms with E-state index in [1.54, 1.807) is 0 Å². The molecule has 0 radical (unpaired) electrons. The summed E-state index contributed by atoms with van der Waals surface area (Å²) >= 11 is 0. The van der Waals surface area contributed by atoms with E-state index < -0.39 is 23.9 Å². The molecule has 0 aliphatic heterocycles. The van der Waals surface area contributed by atoms with E-state index in [4.69, 9.17) is 10.8 Å². The Balaban J connectivity index is 4.51. The third-order valence-electron chi connectivity index (χ3n) is 2.53. The molecule has 7 nitrogen and oxygen atoms in total. The highest BCUT2D eigenvalue weighted by Gasteiger charge is 2.23. The number of carboxylic acids is 1. The molecule has 0 aromatic carbocycles. The molecule has 0 saturated heterocycles. The van der Waals surface area contributed by atoms with Crippen LogP contribution in [0.1, 0.15) is 33.6 Å². The first-order valence-corrected chi connectivity index (χ1v) is 6.34. The maximum absolute atomic E-state index is 11.9. The van der Waals surface area contributed by atoms with Crippen LogP contribution in [0.15, 0.2) is 0 Å². The highest BCUT2D eigenvalue weighted by atomic mass is 16.4. The van der Waals surface area contributed by atoms with Gasteiger partial charge in [0.1, 0.15) is 6.04 Å². The second-order valence-corrected chi connectivity index (χ2v) is 4.78. The molecule has 0 aromatic rings. The number of amides is 3. The molecular weight excluding hydrogens is 250 g/mol. The zero-order chi connectivity index (χ0) is 15.0. The van der Waals surface area contributed by atoms with Crippen LogP contribution < -0.4 is 11.1 Å². The largest absolute Gasteiger partial charge is 0.480 e. The Bertz CT molecular complexity index is 331. The SMILES string of the molecule is CCN(CC(C)C)C(=O)N[C@H](CCC(N)=O)C(=O)O. The molecule has 0 unspecified atom stereocenters. The summed E-state index contributed by atoms with van der Waals surface area (Å²) in [4.78, 5) is 35.1. The van der Waals surface area contributed by atoms with Crippen molar-refractivity contribution in [3.8, 4) is 0 Å². The van der Waals surface area contributed by atoms with Gasteiger partial charge < -0.3 is 21.1 Å². The molecule has 0 aliphatic rings. The van der Waals surface area contributed by atoms with E-state index >= 15 is 0 Å². The van der Waals surface area contributed by atoms with Crippen molar-refractivity contribution in [2.75, 3.05) is 13.1 Å². The average Bonchev–Trinajstić information content (AvgIpc) is 2.30. The van der Waals surface area contributed by atoms with Crippen molar-refractivity contribution >= 4 is 17.9 Å². The maximum atomic E-state index is 11.9. The van der Waals surface area contributed by atoms with E-state index in [2.05, 4.69) is 5.32 Å². The molecule has 3 amide bonds. The number of carbonyl (C=O) groups excluding carboxylic acids is 2. The molecular formula is C12H23N3O4. The first-order valence-electron chi connectivity index (χ1n) is 6.34. The predicted octanol–water partition coefficient (Wildman–Crippen LogP) is 0.393. The number of urea groups is 1. The molecule has 1 atom stereocenters. The Morgan fingerprint density at radius 3 is 2.26 bits per heavy atom. The van der Waals surface area contributed by atoms with Gasteiger partial charge in [0.25, 0.3) is 0 Å². The summed E-state index contributed by atoms with van der Waals surface area (Å²) in [6.07, 6.45) is -0.0802. The minimum atomic E-state index is -1.17. The molecule has 110 valence electrons. The molecule has 4 N–H and O–H groups in total. The van der Waals surface area contributed by atoms with Crippen LogP contribution in [-0.2, 0) is 9.59 Å². The van der Waals surface area contributed by atoms with Crippen LogP contribution >= 0.6 is 0 Å². The number of carbonyl (C=O) groups is 3. The van der Waals surface area contributed by atoms with Gasteiger partial charge in [-0.25, -0.2) is 9.59 Å². The maximum Gasteiger partial charge on any atom is 0.326 e. The van der Waals surface area contributed by atoms with Gasteiger partial charge in [-0.15, -0.1) is 0 Å². The molecule has 0 saturated carbocycles. The van der Waals surface area contributed by atoms with Crippen LogP contribution in [-0.4, -0.2) is 47.0 Å². The van der Waals surface area contributed by atoms with Gasteiger partial charge in [0.05, 0.1) is 0 Å². The van der Waals surface area contributed by atoms with E-state index in [1.807, 2.05) is 20.8 Å². The van der Waals surface area contributed by atoms with Crippen molar-refractivity contribution in [2.45, 2.75) is 39.7 Å². The van der Waals surface area contributed by atoms with Gasteiger partial charge in [-0.1, -0.05) is 13.8 Å². The topological polar surface area (TPSA) is 113 Å². The van der Waals surface area contributed by atoms with Crippen LogP contribution in [0.3, 0.4) is 0 Å². The van der Waals surface area contributed by atoms with Gasteiger partial charge in [0, 0.05) is 19.5 Å². The molecule has 0 aromatic heterocycles. The summed E-state index contributed by atoms with van der Waals surface area (Å²) in [5.41, 5.74) is 4.97. The number of nitrogens with zero attached hydrogens (tertiary/aromatic N) is 1. The van der Waals surface area contributed by atoms with Crippen LogP contribution in [0.5, 0.6) is 0 Å². The smallest absolute Gasteiger partial charge is 0.326 e. The fourth-order valence-corrected chi connectivity index (χ4v) is 1.58. The Labute approximate surface area is 113 Å². The molecule has 0 spiro atoms. The molecule has 0 rings (SSSR count). The number of rotatable bonds is 8. The number of hydrogen-bond acceptors (Lipinski definition) is 3. The van der Waals surface area contributed by atoms with Gasteiger partial charge in [-0.05, 0) is 19.3 Å². The summed E-state index contributed by atoms with van der Waals surface area (Å²) in [6.45, 7) is 6.80. The minimum Gasteiger partial charge on any atom is -0.480 e. The molecule has 0 heterocycles. The van der Waals surface area contributed by atoms with Gasteiger partial charge in [0.15, 0.2) is 0 Å². The molecule has 0 fully saturated rings. The fraction of sp³-hybridized carbons (Fsp3) is 0.750. The summed E-state index contributed by atoms with van der Waals surface area (Å²) in [7, 11) is 0. The fourth-order valence-electron chi connectivity index (χ4n) is 1.58. The Morgan fingerprint density at radius 1 is 1.32 bits per heavy atom. The summed E-state index contributed by atoms with van der Waals surface area (Å²) in [5.74, 6) is -1.47. The van der Waals surface area contributed by atoms with Crippen molar-refractivity contribution in [3.05, 3.63) is 0 Å². The van der Waals surface area contributed by atoms with E-state index in [1.165, 1.54) is 4.90 Å². The Hall–Kier alpha value is -1.79. The minimum absolute atomic E-state index is 0.00433. The number of primary amides is 1. The summed E-state index contributed by atoms with van der Waals surface area (Å²) < 4.78 is 0. The van der Waals surface area contributed by atoms with Crippen molar-refractivity contribution in [1.29, 1.82) is 0 Å². The van der Waals surface area contributed by atoms with Crippen molar-refractivity contribution < 1.29 is 19.5 Å². The summed E-state index contributed by atoms with van der Waals surface area (Å²) in [5, 5.41) is 11.4. The first kappa shape index (κ1) is 17.2. The molecule has 19 heavy (non-hydrogen) atoms. The Kier molecular flexibility index (Phi) is 7.55. The number of hydrogen-bond donors (Lipinski definition) is 3. The van der Waals surface area contributed by atoms with Crippen molar-refractivity contribution in [1.82, 2.24) is 10.2 Å². The lowest BCUT2D eigenvalue weighted by molar-refractivity contribution is -0.139. The van der Waals surface area contributed by atoms with Crippen LogP contribution in [0.2, 0.25) is 0 Å². The number of carboxylic acid groups (broad SMARTS) is 1. The van der Waals surface area contributed by atoms with Gasteiger partial charge >= 0.3 is 12.0 Å². The second kappa shape index (κ2) is 8.34. The zero-order valence-electron chi connectivity index (χ0n) is 11.7. The monoisotopic (exact) mass is 273 g/mol. The van der Waals surface area contributed by atoms with Crippen molar-refractivity contribution in [3.63, 3.8) is 0 Å². The lowest BCUT2D eigenvalue weighted by atomic mass is 10.1. The van der Waals surface area contributed by atoms with E-state index in [0.717, 1.165) is 0 Å². The first-order chi connectivity index (χ1) is 8.77. The van der Waals surface area contributed by atoms with Gasteiger partial charge in [-0.3, -0.25) is 4.79 Å². The van der Waals surface area contributed by atoms with Crippen LogP contribution in [0, 0.1) is 5.92 Å². The zero-order valence-corrected chi connectivity index (χ0v) is 11.7. The quantitative estimate of drug-likeness (QED) is 0.593. The average molecular weight is 273 g/mol. The molecule has 0 bridgehead atoms. The number of nitrogens with two attached hydrogens (primary N) is 1.